The Bertz CT molecular complexity index is 2330. The van der Waals surface area contributed by atoms with E-state index in [0.717, 1.165) is 44.9 Å². The lowest BCUT2D eigenvalue weighted by Gasteiger charge is -2.31. The minimum atomic E-state index is -4.65. The second kappa shape index (κ2) is 44.1. The number of nitrogens with zero attached hydrogens (tertiary/aromatic N) is 3. The number of hydrogen-bond acceptors (Lipinski definition) is 17. The third-order valence-electron chi connectivity index (χ3n) is 13.4. The Morgan fingerprint density at radius 1 is 0.694 bits per heavy atom. The fraction of sp³-hybridized carbons (Fsp3) is 0.707. The number of benzene rings is 1. The van der Waals surface area contributed by atoms with Crippen molar-refractivity contribution in [3.05, 3.63) is 54.1 Å². The van der Waals surface area contributed by atoms with Crippen molar-refractivity contribution >= 4 is 43.0 Å². The summed E-state index contributed by atoms with van der Waals surface area (Å²) in [6.07, 6.45) is 9.62. The predicted octanol–water partition coefficient (Wildman–Crippen LogP) is 1.04. The number of unbranched alkanes of at least 4 members (excludes halogenated alkanes) is 5. The summed E-state index contributed by atoms with van der Waals surface area (Å²) in [5, 5.41) is 20.6. The van der Waals surface area contributed by atoms with Gasteiger partial charge in [0.1, 0.15) is 24.2 Å². The molecular weight excluding hydrogens is 1130 g/mol. The Kier molecular flexibility index (Phi) is 38.3. The summed E-state index contributed by atoms with van der Waals surface area (Å²) in [7, 11) is -3.03. The molecule has 27 heteroatoms. The molecule has 2 aromatic rings. The number of rotatable bonds is 50. The average Bonchev–Trinajstić information content (AvgIpc) is 4.15. The Labute approximate surface area is 500 Å². The van der Waals surface area contributed by atoms with Crippen molar-refractivity contribution in [3.8, 4) is 11.8 Å². The molecule has 1 aliphatic heterocycles. The first-order chi connectivity index (χ1) is 40.9. The summed E-state index contributed by atoms with van der Waals surface area (Å²) in [5.74, 6) is -0.560. The Balaban J connectivity index is 1.55. The molecule has 26 nitrogen and oxygen atoms in total. The van der Waals surface area contributed by atoms with Crippen molar-refractivity contribution in [2.75, 3.05) is 126 Å². The van der Waals surface area contributed by atoms with Gasteiger partial charge in [-0.3, -0.25) is 33.3 Å². The highest BCUT2D eigenvalue weighted by Gasteiger charge is 2.36. The van der Waals surface area contributed by atoms with Gasteiger partial charge in [-0.25, -0.2) is 4.98 Å². The van der Waals surface area contributed by atoms with E-state index in [4.69, 9.17) is 43.6 Å². The lowest BCUT2D eigenvalue weighted by atomic mass is 10.0. The molecule has 6 unspecified atom stereocenters. The Morgan fingerprint density at radius 2 is 1.21 bits per heavy atom. The van der Waals surface area contributed by atoms with E-state index in [2.05, 4.69) is 50.2 Å². The van der Waals surface area contributed by atoms with Crippen LogP contribution in [0.1, 0.15) is 89.8 Å². The highest BCUT2D eigenvalue weighted by Crippen LogP contribution is 2.37. The molecule has 3 rings (SSSR count). The van der Waals surface area contributed by atoms with Crippen LogP contribution in [0, 0.1) is 23.7 Å². The number of aryl methyl sites for hydroxylation is 2. The van der Waals surface area contributed by atoms with Crippen molar-refractivity contribution in [2.24, 2.45) is 17.6 Å². The normalized spacial score (nSPS) is 15.1. The summed E-state index contributed by atoms with van der Waals surface area (Å²) >= 11 is 0. The summed E-state index contributed by atoms with van der Waals surface area (Å²) in [4.78, 5) is 107. The van der Waals surface area contributed by atoms with Crippen molar-refractivity contribution in [2.45, 2.75) is 128 Å². The number of carbonyl (C=O) groups is 6. The number of nitrogens with two attached hydrogens (primary N) is 1. The molecule has 0 spiro atoms. The molecule has 0 aliphatic carbocycles. The molecule has 85 heavy (non-hydrogen) atoms. The molecule has 6 atom stereocenters. The molecule has 1 aromatic carbocycles. The van der Waals surface area contributed by atoms with Crippen LogP contribution in [-0.4, -0.2) is 221 Å². The Hall–Kier alpha value is -5.40. The maximum Gasteiger partial charge on any atom is 0.325 e. The Morgan fingerprint density at radius 3 is 1.75 bits per heavy atom. The second-order valence-electron chi connectivity index (χ2n) is 20.9. The van der Waals surface area contributed by atoms with Gasteiger partial charge < -0.3 is 89.3 Å². The van der Waals surface area contributed by atoms with Gasteiger partial charge >= 0.3 is 7.60 Å². The largest absolute Gasteiger partial charge is 0.394 e. The second-order valence-corrected chi connectivity index (χ2v) is 22.6. The maximum atomic E-state index is 14.4. The van der Waals surface area contributed by atoms with E-state index in [1.165, 1.54) is 17.4 Å². The SMILES string of the molecule is COCCOCCOCCOCCOCCOCCOCCOCCC(=O)N1CCC#CC1C(=O)NC(CC(C)C)C(=O)NC(Cc1cncn1CCCCCCCCc1ccccc1)C(=O)NC(CO)C(=O)NC(C(N)=O)C(C)CP(=O)(O)O. The quantitative estimate of drug-likeness (QED) is 0.0261. The molecule has 9 N–H and O–H groups in total. The number of aliphatic hydroxyl groups is 1. The fourth-order valence-electron chi connectivity index (χ4n) is 8.92. The molecule has 2 heterocycles. The van der Waals surface area contributed by atoms with Crippen molar-refractivity contribution in [3.63, 3.8) is 0 Å². The minimum Gasteiger partial charge on any atom is -0.394 e. The van der Waals surface area contributed by atoms with Crippen LogP contribution in [0.2, 0.25) is 0 Å². The summed E-state index contributed by atoms with van der Waals surface area (Å²) < 4.78 is 57.0. The van der Waals surface area contributed by atoms with Gasteiger partial charge in [0.15, 0.2) is 6.04 Å². The molecule has 0 saturated heterocycles. The molecule has 0 bridgehead atoms. The predicted molar refractivity (Wildman–Crippen MR) is 313 cm³/mol. The summed E-state index contributed by atoms with van der Waals surface area (Å²) in [6, 6.07) is 3.13. The van der Waals surface area contributed by atoms with Gasteiger partial charge in [0.05, 0.1) is 125 Å². The van der Waals surface area contributed by atoms with Crippen molar-refractivity contribution in [1.29, 1.82) is 0 Å². The monoisotopic (exact) mass is 1220 g/mol. The number of aliphatic hydroxyl groups excluding tert-OH is 1. The van der Waals surface area contributed by atoms with E-state index in [1.807, 2.05) is 36.6 Å². The zero-order chi connectivity index (χ0) is 62.1. The molecule has 1 aliphatic rings. The van der Waals surface area contributed by atoms with Crippen LogP contribution >= 0.6 is 7.60 Å². The number of aromatic nitrogens is 2. The molecule has 1 aromatic heterocycles. The van der Waals surface area contributed by atoms with Gasteiger partial charge in [-0.1, -0.05) is 88.6 Å². The zero-order valence-electron chi connectivity index (χ0n) is 50.1. The summed E-state index contributed by atoms with van der Waals surface area (Å²) in [6.45, 7) is 10.5. The first-order valence-electron chi connectivity index (χ1n) is 29.4. The lowest BCUT2D eigenvalue weighted by molar-refractivity contribution is -0.140. The third-order valence-corrected chi connectivity index (χ3v) is 14.4. The maximum absolute atomic E-state index is 14.4. The highest BCUT2D eigenvalue weighted by molar-refractivity contribution is 7.51. The van der Waals surface area contributed by atoms with Crippen LogP contribution in [0.3, 0.4) is 0 Å². The molecule has 0 radical (unpaired) electrons. The van der Waals surface area contributed by atoms with Gasteiger partial charge in [-0.05, 0) is 43.1 Å². The number of imidazole rings is 1. The van der Waals surface area contributed by atoms with Gasteiger partial charge in [0.25, 0.3) is 5.91 Å². The first-order valence-corrected chi connectivity index (χ1v) is 31.2. The first kappa shape index (κ1) is 73.9. The van der Waals surface area contributed by atoms with E-state index in [1.54, 1.807) is 19.6 Å². The number of carbonyl (C=O) groups excluding carboxylic acids is 6. The van der Waals surface area contributed by atoms with Crippen molar-refractivity contribution in [1.82, 2.24) is 35.7 Å². The molecule has 6 amide bonds. The number of ether oxygens (including phenoxy) is 8. The van der Waals surface area contributed by atoms with Gasteiger partial charge in [0.2, 0.25) is 29.5 Å². The molecule has 0 saturated carbocycles. The van der Waals surface area contributed by atoms with Crippen LogP contribution in [0.4, 0.5) is 0 Å². The fourth-order valence-corrected chi connectivity index (χ4v) is 9.88. The summed E-state index contributed by atoms with van der Waals surface area (Å²) in [5.41, 5.74) is 7.35. The van der Waals surface area contributed by atoms with E-state index >= 15 is 0 Å². The van der Waals surface area contributed by atoms with Crippen LogP contribution in [0.5, 0.6) is 0 Å². The number of hydrogen-bond donors (Lipinski definition) is 8. The van der Waals surface area contributed by atoms with E-state index in [-0.39, 0.29) is 57.5 Å². The third kappa shape index (κ3) is 32.8. The lowest BCUT2D eigenvalue weighted by Crippen LogP contribution is -2.61. The van der Waals surface area contributed by atoms with Crippen LogP contribution in [0.25, 0.3) is 0 Å². The van der Waals surface area contributed by atoms with Crippen LogP contribution in [-0.2, 0) is 90.6 Å². The zero-order valence-corrected chi connectivity index (χ0v) is 51.0. The number of nitrogens with one attached hydrogen (secondary N) is 4. The van der Waals surface area contributed by atoms with E-state index < -0.39 is 86.0 Å². The topological polar surface area (TPSA) is 349 Å². The van der Waals surface area contributed by atoms with E-state index in [9.17, 15) is 48.2 Å². The number of primary amides is 1. The van der Waals surface area contributed by atoms with Gasteiger partial charge in [-0.15, -0.1) is 0 Å². The van der Waals surface area contributed by atoms with Crippen LogP contribution < -0.4 is 27.0 Å². The standard InChI is InChI=1S/C58H95N8O18P/c1-44(2)38-48(62-58(73)51-19-13-15-22-66(51)52(68)20-23-78-26-27-80-30-31-82-34-35-84-37-36-83-33-32-81-29-28-79-25-24-77-4)55(70)61-49(56(71)63-50(41-67)57(72)64-53(54(59)69)45(3)42-85(74,75)76)39-47-40-60-43-65(47)21-14-8-6-5-7-10-16-46-17-11-9-12-18-46/h9,11-12,17-18,40,43-45,48-51,53,67H,5-8,10,14-16,20-39,41-42H2,1-4H3,(H2,59,69)(H,61,70)(H,62,73)(H,63,71)(H,64,72)(H2,74,75,76). The molecule has 0 fully saturated rings. The average molecular weight is 1220 g/mol. The minimum absolute atomic E-state index is 0.0475. The number of amides is 6. The molecular formula is C58H95N8O18P. The van der Waals surface area contributed by atoms with Gasteiger partial charge in [-0.2, -0.15) is 0 Å². The number of methoxy groups -OCH3 is 1. The van der Waals surface area contributed by atoms with Crippen molar-refractivity contribution < 1.29 is 86.1 Å². The van der Waals surface area contributed by atoms with Gasteiger partial charge in [0, 0.05) is 44.9 Å². The highest BCUT2D eigenvalue weighted by atomic mass is 31.2. The smallest absolute Gasteiger partial charge is 0.325 e. The van der Waals surface area contributed by atoms with Crippen LogP contribution in [0.15, 0.2) is 42.9 Å². The molecule has 480 valence electrons. The van der Waals surface area contributed by atoms with E-state index in [0.29, 0.717) is 97.9 Å².